The van der Waals surface area contributed by atoms with E-state index < -0.39 is 5.97 Å². The average molecular weight is 339 g/mol. The van der Waals surface area contributed by atoms with Crippen molar-refractivity contribution < 1.29 is 19.4 Å². The van der Waals surface area contributed by atoms with Gasteiger partial charge in [-0.2, -0.15) is 0 Å². The summed E-state index contributed by atoms with van der Waals surface area (Å²) in [6, 6.07) is 1.86. The molecule has 5 nitrogen and oxygen atoms in total. The van der Waals surface area contributed by atoms with E-state index in [1.165, 1.54) is 16.2 Å². The highest BCUT2D eigenvalue weighted by Gasteiger charge is 2.42. The molecule has 0 aromatic carbocycles. The summed E-state index contributed by atoms with van der Waals surface area (Å²) in [7, 11) is 1.74. The Bertz CT molecular complexity index is 549. The molecule has 2 aliphatic rings. The van der Waals surface area contributed by atoms with Gasteiger partial charge < -0.3 is 19.5 Å². The van der Waals surface area contributed by atoms with Crippen molar-refractivity contribution >= 4 is 17.3 Å². The van der Waals surface area contributed by atoms with Crippen molar-refractivity contribution in [3.05, 3.63) is 21.4 Å². The largest absolute Gasteiger partial charge is 0.477 e. The summed E-state index contributed by atoms with van der Waals surface area (Å²) in [5.41, 5.74) is 0.894. The fourth-order valence-corrected chi connectivity index (χ4v) is 4.73. The van der Waals surface area contributed by atoms with Gasteiger partial charge in [0.2, 0.25) is 0 Å². The number of aromatic carboxylic acids is 1. The van der Waals surface area contributed by atoms with Crippen LogP contribution in [0.4, 0.5) is 0 Å². The number of likely N-dealkylation sites (tertiary alicyclic amines) is 1. The van der Waals surface area contributed by atoms with Gasteiger partial charge in [-0.3, -0.25) is 0 Å². The molecule has 6 heteroatoms. The molecule has 0 radical (unpaired) electrons. The number of thiophene rings is 1. The second-order valence-electron chi connectivity index (χ2n) is 6.39. The first-order valence-corrected chi connectivity index (χ1v) is 9.18. The maximum atomic E-state index is 11.3. The summed E-state index contributed by atoms with van der Waals surface area (Å²) in [5.74, 6) is -0.824. The Labute approximate surface area is 141 Å². The Morgan fingerprint density at radius 2 is 2.22 bits per heavy atom. The minimum Gasteiger partial charge on any atom is -0.477 e. The van der Waals surface area contributed by atoms with E-state index in [4.69, 9.17) is 9.47 Å². The SMILES string of the molecule is COCCCCN1CCC2(CC1)OCCc1sc(C(=O)O)cc12. The third-order valence-electron chi connectivity index (χ3n) is 4.95. The Balaban J connectivity index is 1.63. The van der Waals surface area contributed by atoms with Gasteiger partial charge in [0, 0.05) is 38.1 Å². The predicted molar refractivity (Wildman–Crippen MR) is 89.4 cm³/mol. The normalized spacial score (nSPS) is 20.6. The zero-order valence-electron chi connectivity index (χ0n) is 13.7. The van der Waals surface area contributed by atoms with E-state index >= 15 is 0 Å². The number of carboxylic acids is 1. The lowest BCUT2D eigenvalue weighted by molar-refractivity contribution is -0.0972. The molecule has 2 aliphatic heterocycles. The third kappa shape index (κ3) is 3.60. The topological polar surface area (TPSA) is 59.0 Å². The second-order valence-corrected chi connectivity index (χ2v) is 7.52. The maximum Gasteiger partial charge on any atom is 0.345 e. The van der Waals surface area contributed by atoms with Gasteiger partial charge in [-0.05, 0) is 43.9 Å². The number of piperidine rings is 1. The van der Waals surface area contributed by atoms with E-state index in [1.54, 1.807) is 7.11 Å². The van der Waals surface area contributed by atoms with Crippen LogP contribution in [0.25, 0.3) is 0 Å². The predicted octanol–water partition coefficient (Wildman–Crippen LogP) is 2.74. The van der Waals surface area contributed by atoms with Crippen molar-refractivity contribution in [1.82, 2.24) is 4.90 Å². The summed E-state index contributed by atoms with van der Waals surface area (Å²) in [6.45, 7) is 4.68. The van der Waals surface area contributed by atoms with Gasteiger partial charge in [0.25, 0.3) is 0 Å². The van der Waals surface area contributed by atoms with Gasteiger partial charge in [-0.25, -0.2) is 4.79 Å². The number of unbranched alkanes of at least 4 members (excludes halogenated alkanes) is 1. The molecular weight excluding hydrogens is 314 g/mol. The summed E-state index contributed by atoms with van der Waals surface area (Å²) in [5, 5.41) is 9.25. The number of methoxy groups -OCH3 is 1. The van der Waals surface area contributed by atoms with E-state index in [1.807, 2.05) is 6.07 Å². The quantitative estimate of drug-likeness (QED) is 0.808. The van der Waals surface area contributed by atoms with E-state index in [2.05, 4.69) is 4.90 Å². The van der Waals surface area contributed by atoms with E-state index in [0.717, 1.165) is 63.9 Å². The lowest BCUT2D eigenvalue weighted by atomic mass is 9.82. The fourth-order valence-electron chi connectivity index (χ4n) is 3.66. The molecule has 3 rings (SSSR count). The van der Waals surface area contributed by atoms with Gasteiger partial charge in [0.05, 0.1) is 12.2 Å². The summed E-state index contributed by atoms with van der Waals surface area (Å²) in [4.78, 5) is 15.4. The number of ether oxygens (including phenoxy) is 2. The van der Waals surface area contributed by atoms with Crippen molar-refractivity contribution in [1.29, 1.82) is 0 Å². The fraction of sp³-hybridized carbons (Fsp3) is 0.706. The smallest absolute Gasteiger partial charge is 0.345 e. The number of hydrogen-bond donors (Lipinski definition) is 1. The number of hydrogen-bond acceptors (Lipinski definition) is 5. The molecular formula is C17H25NO4S. The molecule has 0 bridgehead atoms. The van der Waals surface area contributed by atoms with Crippen LogP contribution in [-0.2, 0) is 21.5 Å². The second kappa shape index (κ2) is 7.30. The number of rotatable bonds is 6. The summed E-state index contributed by atoms with van der Waals surface area (Å²) < 4.78 is 11.3. The van der Waals surface area contributed by atoms with Crippen LogP contribution < -0.4 is 0 Å². The molecule has 1 N–H and O–H groups in total. The number of carbonyl (C=O) groups is 1. The molecule has 3 heterocycles. The van der Waals surface area contributed by atoms with Gasteiger partial charge >= 0.3 is 5.97 Å². The maximum absolute atomic E-state index is 11.3. The van der Waals surface area contributed by atoms with Crippen LogP contribution in [0.15, 0.2) is 6.07 Å². The molecule has 0 atom stereocenters. The minimum atomic E-state index is -0.824. The average Bonchev–Trinajstić information content (AvgIpc) is 3.00. The Morgan fingerprint density at radius 3 is 2.91 bits per heavy atom. The molecule has 1 spiro atoms. The number of carboxylic acid groups (broad SMARTS) is 1. The van der Waals surface area contributed by atoms with Crippen LogP contribution in [0.1, 0.15) is 45.8 Å². The highest BCUT2D eigenvalue weighted by molar-refractivity contribution is 7.14. The Hall–Kier alpha value is -0.950. The molecule has 23 heavy (non-hydrogen) atoms. The number of nitrogens with zero attached hydrogens (tertiary/aromatic N) is 1. The van der Waals surface area contributed by atoms with Gasteiger partial charge in [0.15, 0.2) is 0 Å². The van der Waals surface area contributed by atoms with Gasteiger partial charge in [-0.15, -0.1) is 11.3 Å². The van der Waals surface area contributed by atoms with Crippen LogP contribution in [0.2, 0.25) is 0 Å². The van der Waals surface area contributed by atoms with Crippen molar-refractivity contribution in [2.24, 2.45) is 0 Å². The van der Waals surface area contributed by atoms with Crippen LogP contribution >= 0.6 is 11.3 Å². The van der Waals surface area contributed by atoms with Gasteiger partial charge in [-0.1, -0.05) is 0 Å². The number of fused-ring (bicyclic) bond motifs is 2. The molecule has 1 saturated heterocycles. The van der Waals surface area contributed by atoms with Gasteiger partial charge in [0.1, 0.15) is 4.88 Å². The molecule has 1 aromatic rings. The zero-order chi connectivity index (χ0) is 16.3. The first-order valence-electron chi connectivity index (χ1n) is 8.36. The van der Waals surface area contributed by atoms with Crippen LogP contribution in [0.5, 0.6) is 0 Å². The molecule has 0 amide bonds. The standard InChI is InChI=1S/C17H25NO4S/c1-21-10-3-2-7-18-8-5-17(6-9-18)13-12-15(16(19)20)23-14(13)4-11-22-17/h12H,2-11H2,1H3,(H,19,20). The lowest BCUT2D eigenvalue weighted by Crippen LogP contribution is -2.46. The van der Waals surface area contributed by atoms with Crippen molar-refractivity contribution in [3.63, 3.8) is 0 Å². The molecule has 1 fully saturated rings. The lowest BCUT2D eigenvalue weighted by Gasteiger charge is -2.44. The summed E-state index contributed by atoms with van der Waals surface area (Å²) in [6.07, 6.45) is 5.02. The molecule has 0 unspecified atom stereocenters. The molecule has 1 aromatic heterocycles. The molecule has 0 saturated carbocycles. The van der Waals surface area contributed by atoms with Crippen LogP contribution in [0.3, 0.4) is 0 Å². The van der Waals surface area contributed by atoms with E-state index in [-0.39, 0.29) is 5.60 Å². The zero-order valence-corrected chi connectivity index (χ0v) is 14.5. The van der Waals surface area contributed by atoms with Crippen molar-refractivity contribution in [2.45, 2.75) is 37.7 Å². The first-order chi connectivity index (χ1) is 11.1. The highest BCUT2D eigenvalue weighted by atomic mass is 32.1. The third-order valence-corrected chi connectivity index (χ3v) is 6.14. The summed E-state index contributed by atoms with van der Waals surface area (Å²) >= 11 is 1.42. The van der Waals surface area contributed by atoms with E-state index in [0.29, 0.717) is 11.5 Å². The van der Waals surface area contributed by atoms with Crippen LogP contribution in [-0.4, -0.2) is 55.9 Å². The molecule has 0 aliphatic carbocycles. The first kappa shape index (κ1) is 16.9. The van der Waals surface area contributed by atoms with E-state index in [9.17, 15) is 9.90 Å². The Morgan fingerprint density at radius 1 is 1.43 bits per heavy atom. The minimum absolute atomic E-state index is 0.249. The highest BCUT2D eigenvalue weighted by Crippen LogP contribution is 2.44. The van der Waals surface area contributed by atoms with Crippen molar-refractivity contribution in [2.75, 3.05) is 40.0 Å². The Kier molecular flexibility index (Phi) is 5.36. The van der Waals surface area contributed by atoms with Crippen molar-refractivity contribution in [3.8, 4) is 0 Å². The monoisotopic (exact) mass is 339 g/mol. The van der Waals surface area contributed by atoms with Crippen LogP contribution in [0, 0.1) is 0 Å². The molecule has 128 valence electrons.